The predicted octanol–water partition coefficient (Wildman–Crippen LogP) is 3.41. The molecule has 28 heavy (non-hydrogen) atoms. The number of nitrogens with zero attached hydrogens (tertiary/aromatic N) is 5. The van der Waals surface area contributed by atoms with Gasteiger partial charge in [-0.1, -0.05) is 42.5 Å². The number of halogens is 1. The highest BCUT2D eigenvalue weighted by molar-refractivity contribution is 14.0. The molecule has 6 nitrogen and oxygen atoms in total. The van der Waals surface area contributed by atoms with Crippen LogP contribution >= 0.6 is 24.0 Å². The van der Waals surface area contributed by atoms with E-state index in [4.69, 9.17) is 4.99 Å². The molecule has 0 saturated carbocycles. The standard InChI is InChI=1S/C21H24N6.HI/c1-2-22-21(26-13-12-17-8-6-7-9-18(17)15-26)23-14-20-25-24-16-27(20)19-10-4-3-5-11-19;/h3-11,16H,2,12-15H2,1H3,(H,22,23);1H. The van der Waals surface area contributed by atoms with Gasteiger partial charge in [-0.25, -0.2) is 4.99 Å². The lowest BCUT2D eigenvalue weighted by atomic mass is 10.0. The maximum absolute atomic E-state index is 4.85. The van der Waals surface area contributed by atoms with E-state index in [9.17, 15) is 0 Å². The van der Waals surface area contributed by atoms with Crippen LogP contribution in [0.15, 0.2) is 65.9 Å². The summed E-state index contributed by atoms with van der Waals surface area (Å²) in [4.78, 5) is 7.16. The summed E-state index contributed by atoms with van der Waals surface area (Å²) in [5.41, 5.74) is 3.86. The highest BCUT2D eigenvalue weighted by Crippen LogP contribution is 2.18. The molecule has 1 aliphatic heterocycles. The topological polar surface area (TPSA) is 58.3 Å². The maximum Gasteiger partial charge on any atom is 0.194 e. The van der Waals surface area contributed by atoms with Crippen LogP contribution in [0.3, 0.4) is 0 Å². The summed E-state index contributed by atoms with van der Waals surface area (Å²) in [6.07, 6.45) is 2.78. The molecule has 0 radical (unpaired) electrons. The SMILES string of the molecule is CCNC(=NCc1nncn1-c1ccccc1)N1CCc2ccccc2C1.I. The average Bonchev–Trinajstić information content (AvgIpc) is 3.20. The van der Waals surface area contributed by atoms with Gasteiger partial charge in [0.15, 0.2) is 11.8 Å². The highest BCUT2D eigenvalue weighted by atomic mass is 127. The van der Waals surface area contributed by atoms with Gasteiger partial charge < -0.3 is 10.2 Å². The van der Waals surface area contributed by atoms with Crippen molar-refractivity contribution in [3.8, 4) is 5.69 Å². The molecule has 2 aromatic carbocycles. The molecular weight excluding hydrogens is 463 g/mol. The van der Waals surface area contributed by atoms with E-state index in [2.05, 4.69) is 51.6 Å². The third kappa shape index (κ3) is 4.52. The van der Waals surface area contributed by atoms with Crippen molar-refractivity contribution in [1.29, 1.82) is 0 Å². The van der Waals surface area contributed by atoms with Crippen molar-refractivity contribution in [2.45, 2.75) is 26.4 Å². The van der Waals surface area contributed by atoms with Crippen LogP contribution < -0.4 is 5.32 Å². The van der Waals surface area contributed by atoms with E-state index in [-0.39, 0.29) is 24.0 Å². The summed E-state index contributed by atoms with van der Waals surface area (Å²) in [7, 11) is 0. The minimum absolute atomic E-state index is 0. The third-order valence-electron chi connectivity index (χ3n) is 4.79. The fraction of sp³-hybridized carbons (Fsp3) is 0.286. The van der Waals surface area contributed by atoms with E-state index in [1.807, 2.05) is 34.9 Å². The minimum Gasteiger partial charge on any atom is -0.356 e. The summed E-state index contributed by atoms with van der Waals surface area (Å²) < 4.78 is 1.98. The van der Waals surface area contributed by atoms with Crippen LogP contribution in [0, 0.1) is 0 Å². The first-order valence-corrected chi connectivity index (χ1v) is 9.39. The number of fused-ring (bicyclic) bond motifs is 1. The molecule has 0 atom stereocenters. The second-order valence-corrected chi connectivity index (χ2v) is 6.56. The van der Waals surface area contributed by atoms with Crippen LogP contribution in [0.2, 0.25) is 0 Å². The monoisotopic (exact) mass is 488 g/mol. The number of hydrogen-bond acceptors (Lipinski definition) is 3. The second kappa shape index (κ2) is 9.68. The molecule has 0 saturated heterocycles. The van der Waals surface area contributed by atoms with Gasteiger partial charge in [0.1, 0.15) is 12.9 Å². The zero-order chi connectivity index (χ0) is 18.5. The van der Waals surface area contributed by atoms with Crippen molar-refractivity contribution in [1.82, 2.24) is 25.0 Å². The number of nitrogens with one attached hydrogen (secondary N) is 1. The van der Waals surface area contributed by atoms with Crippen LogP contribution in [-0.2, 0) is 19.5 Å². The van der Waals surface area contributed by atoms with Crippen molar-refractivity contribution in [2.24, 2.45) is 4.99 Å². The molecule has 7 heteroatoms. The fourth-order valence-corrected chi connectivity index (χ4v) is 3.42. The lowest BCUT2D eigenvalue weighted by molar-refractivity contribution is 0.378. The zero-order valence-corrected chi connectivity index (χ0v) is 18.3. The Labute approximate surface area is 182 Å². The Kier molecular flexibility index (Phi) is 7.02. The average molecular weight is 488 g/mol. The van der Waals surface area contributed by atoms with Gasteiger partial charge >= 0.3 is 0 Å². The number of benzene rings is 2. The molecule has 4 rings (SSSR count). The minimum atomic E-state index is 0. The number of rotatable bonds is 4. The van der Waals surface area contributed by atoms with Crippen LogP contribution in [-0.4, -0.2) is 38.7 Å². The normalized spacial score (nSPS) is 13.6. The van der Waals surface area contributed by atoms with Crippen molar-refractivity contribution < 1.29 is 0 Å². The number of aromatic nitrogens is 3. The van der Waals surface area contributed by atoms with Crippen molar-refractivity contribution in [2.75, 3.05) is 13.1 Å². The lowest BCUT2D eigenvalue weighted by Crippen LogP contribution is -2.44. The smallest absolute Gasteiger partial charge is 0.194 e. The van der Waals surface area contributed by atoms with E-state index in [1.54, 1.807) is 6.33 Å². The molecule has 0 unspecified atom stereocenters. The summed E-state index contributed by atoms with van der Waals surface area (Å²) in [5.74, 6) is 1.75. The summed E-state index contributed by atoms with van der Waals surface area (Å²) in [6.45, 7) is 5.26. The first-order valence-electron chi connectivity index (χ1n) is 9.39. The Balaban J connectivity index is 0.00000225. The second-order valence-electron chi connectivity index (χ2n) is 6.56. The molecule has 1 aliphatic rings. The fourth-order valence-electron chi connectivity index (χ4n) is 3.42. The molecule has 0 bridgehead atoms. The summed E-state index contributed by atoms with van der Waals surface area (Å²) >= 11 is 0. The van der Waals surface area contributed by atoms with Crippen molar-refractivity contribution >= 4 is 29.9 Å². The van der Waals surface area contributed by atoms with Gasteiger partial charge in [0.05, 0.1) is 0 Å². The van der Waals surface area contributed by atoms with Gasteiger partial charge in [-0.15, -0.1) is 34.2 Å². The molecule has 1 N–H and O–H groups in total. The summed E-state index contributed by atoms with van der Waals surface area (Å²) in [6, 6.07) is 18.8. The summed E-state index contributed by atoms with van der Waals surface area (Å²) in [5, 5.41) is 11.8. The van der Waals surface area contributed by atoms with Gasteiger partial charge in [-0.2, -0.15) is 0 Å². The lowest BCUT2D eigenvalue weighted by Gasteiger charge is -2.31. The highest BCUT2D eigenvalue weighted by Gasteiger charge is 2.19. The van der Waals surface area contributed by atoms with Gasteiger partial charge in [0.25, 0.3) is 0 Å². The van der Waals surface area contributed by atoms with Gasteiger partial charge in [-0.05, 0) is 36.6 Å². The molecule has 0 amide bonds. The quantitative estimate of drug-likeness (QED) is 0.348. The molecular formula is C21H25IN6. The van der Waals surface area contributed by atoms with Crippen LogP contribution in [0.5, 0.6) is 0 Å². The molecule has 2 heterocycles. The van der Waals surface area contributed by atoms with Crippen LogP contribution in [0.1, 0.15) is 23.9 Å². The Hall–Kier alpha value is -2.42. The van der Waals surface area contributed by atoms with Gasteiger partial charge in [0, 0.05) is 25.3 Å². The van der Waals surface area contributed by atoms with E-state index in [1.165, 1.54) is 11.1 Å². The maximum atomic E-state index is 4.85. The Bertz CT molecular complexity index is 921. The predicted molar refractivity (Wildman–Crippen MR) is 122 cm³/mol. The Morgan fingerprint density at radius 2 is 1.82 bits per heavy atom. The molecule has 0 aliphatic carbocycles. The first kappa shape index (κ1) is 20.3. The number of hydrogen-bond donors (Lipinski definition) is 1. The van der Waals surface area contributed by atoms with Crippen LogP contribution in [0.4, 0.5) is 0 Å². The molecule has 146 valence electrons. The van der Waals surface area contributed by atoms with Crippen molar-refractivity contribution in [3.05, 3.63) is 77.9 Å². The van der Waals surface area contributed by atoms with E-state index >= 15 is 0 Å². The van der Waals surface area contributed by atoms with Gasteiger partial charge in [0.2, 0.25) is 0 Å². The number of aliphatic imine (C=N–C) groups is 1. The van der Waals surface area contributed by atoms with E-state index < -0.39 is 0 Å². The molecule has 3 aromatic rings. The number of para-hydroxylation sites is 1. The largest absolute Gasteiger partial charge is 0.356 e. The van der Waals surface area contributed by atoms with E-state index in [0.29, 0.717) is 6.54 Å². The molecule has 0 fully saturated rings. The number of guanidine groups is 1. The Morgan fingerprint density at radius 1 is 1.07 bits per heavy atom. The molecule has 1 aromatic heterocycles. The molecule has 0 spiro atoms. The first-order chi connectivity index (χ1) is 13.3. The Morgan fingerprint density at radius 3 is 2.61 bits per heavy atom. The van der Waals surface area contributed by atoms with Gasteiger partial charge in [-0.3, -0.25) is 4.57 Å². The van der Waals surface area contributed by atoms with Crippen molar-refractivity contribution in [3.63, 3.8) is 0 Å². The zero-order valence-electron chi connectivity index (χ0n) is 16.0. The van der Waals surface area contributed by atoms with E-state index in [0.717, 1.165) is 43.5 Å². The van der Waals surface area contributed by atoms with Crippen LogP contribution in [0.25, 0.3) is 5.69 Å². The third-order valence-corrected chi connectivity index (χ3v) is 4.79.